The zero-order valence-electron chi connectivity index (χ0n) is 9.34. The Morgan fingerprint density at radius 3 is 2.82 bits per heavy atom. The monoisotopic (exact) mass is 254 g/mol. The molecule has 0 radical (unpaired) electrons. The lowest BCUT2D eigenvalue weighted by Gasteiger charge is -2.04. The van der Waals surface area contributed by atoms with Crippen molar-refractivity contribution in [1.82, 2.24) is 10.3 Å². The Morgan fingerprint density at radius 1 is 1.29 bits per heavy atom. The van der Waals surface area contributed by atoms with Gasteiger partial charge in [0.2, 0.25) is 0 Å². The first-order chi connectivity index (χ1) is 8.15. The highest BCUT2D eigenvalue weighted by Crippen LogP contribution is 2.12. The summed E-state index contributed by atoms with van der Waals surface area (Å²) >= 11 is 1.59. The molecule has 0 atom stereocenters. The second kappa shape index (κ2) is 5.33. The van der Waals surface area contributed by atoms with Crippen LogP contribution in [0.3, 0.4) is 0 Å². The molecule has 0 aliphatic rings. The van der Waals surface area contributed by atoms with Crippen molar-refractivity contribution in [2.45, 2.75) is 20.0 Å². The summed E-state index contributed by atoms with van der Waals surface area (Å²) in [5.74, 6) is -0.817. The van der Waals surface area contributed by atoms with Gasteiger partial charge < -0.3 is 5.32 Å². The molecule has 1 aromatic heterocycles. The molecular weight excluding hydrogens is 242 g/mol. The Hall–Kier alpha value is -1.33. The van der Waals surface area contributed by atoms with E-state index >= 15 is 0 Å². The van der Waals surface area contributed by atoms with Gasteiger partial charge in [-0.25, -0.2) is 13.8 Å². The summed E-state index contributed by atoms with van der Waals surface area (Å²) in [6.07, 6.45) is 1.80. The SMILES string of the molecule is Cc1cnc(CNCc2cc(F)ccc2F)s1. The van der Waals surface area contributed by atoms with Gasteiger partial charge in [-0.15, -0.1) is 11.3 Å². The normalized spacial score (nSPS) is 10.8. The van der Waals surface area contributed by atoms with E-state index < -0.39 is 11.6 Å². The van der Waals surface area contributed by atoms with Gasteiger partial charge in [-0.3, -0.25) is 0 Å². The van der Waals surface area contributed by atoms with Crippen molar-refractivity contribution in [3.05, 3.63) is 51.5 Å². The van der Waals surface area contributed by atoms with Crippen LogP contribution in [0.25, 0.3) is 0 Å². The Kier molecular flexibility index (Phi) is 3.81. The molecule has 0 saturated carbocycles. The molecule has 5 heteroatoms. The number of rotatable bonds is 4. The highest BCUT2D eigenvalue weighted by molar-refractivity contribution is 7.11. The van der Waals surface area contributed by atoms with Crippen molar-refractivity contribution in [3.8, 4) is 0 Å². The fraction of sp³-hybridized carbons (Fsp3) is 0.250. The van der Waals surface area contributed by atoms with E-state index in [1.807, 2.05) is 6.92 Å². The number of aromatic nitrogens is 1. The van der Waals surface area contributed by atoms with Crippen LogP contribution < -0.4 is 5.32 Å². The third-order valence-electron chi connectivity index (χ3n) is 2.27. The number of nitrogens with one attached hydrogen (secondary N) is 1. The minimum atomic E-state index is -0.423. The van der Waals surface area contributed by atoms with Gasteiger partial charge in [0.05, 0.1) is 0 Å². The van der Waals surface area contributed by atoms with E-state index in [0.717, 1.165) is 22.0 Å². The molecule has 0 bridgehead atoms. The lowest BCUT2D eigenvalue weighted by Crippen LogP contribution is -2.13. The van der Waals surface area contributed by atoms with E-state index in [0.29, 0.717) is 18.7 Å². The second-order valence-corrected chi connectivity index (χ2v) is 5.02. The van der Waals surface area contributed by atoms with Crippen molar-refractivity contribution < 1.29 is 8.78 Å². The molecule has 0 unspecified atom stereocenters. The van der Waals surface area contributed by atoms with E-state index in [1.54, 1.807) is 17.5 Å². The molecule has 1 N–H and O–H groups in total. The van der Waals surface area contributed by atoms with Crippen LogP contribution in [-0.4, -0.2) is 4.98 Å². The van der Waals surface area contributed by atoms with Crippen molar-refractivity contribution >= 4 is 11.3 Å². The van der Waals surface area contributed by atoms with Crippen LogP contribution >= 0.6 is 11.3 Å². The number of hydrogen-bond donors (Lipinski definition) is 1. The van der Waals surface area contributed by atoms with Gasteiger partial charge in [-0.1, -0.05) is 0 Å². The van der Waals surface area contributed by atoms with E-state index in [-0.39, 0.29) is 0 Å². The maximum atomic E-state index is 13.3. The van der Waals surface area contributed by atoms with E-state index in [9.17, 15) is 8.78 Å². The predicted octanol–water partition coefficient (Wildman–Crippen LogP) is 3.02. The quantitative estimate of drug-likeness (QED) is 0.907. The molecule has 0 aliphatic carbocycles. The van der Waals surface area contributed by atoms with Gasteiger partial charge in [0.15, 0.2) is 0 Å². The molecule has 0 saturated heterocycles. The van der Waals surface area contributed by atoms with Crippen LogP contribution in [0.15, 0.2) is 24.4 Å². The molecule has 0 aliphatic heterocycles. The lowest BCUT2D eigenvalue weighted by molar-refractivity contribution is 0.568. The molecular formula is C12H12F2N2S. The molecule has 2 aromatic rings. The number of halogens is 2. The molecule has 2 nitrogen and oxygen atoms in total. The fourth-order valence-electron chi connectivity index (χ4n) is 1.47. The Balaban J connectivity index is 1.91. The number of aryl methyl sites for hydroxylation is 1. The summed E-state index contributed by atoms with van der Waals surface area (Å²) in [5.41, 5.74) is 0.332. The third kappa shape index (κ3) is 3.31. The number of benzene rings is 1. The van der Waals surface area contributed by atoms with Crippen LogP contribution in [0.5, 0.6) is 0 Å². The molecule has 0 fully saturated rings. The second-order valence-electron chi connectivity index (χ2n) is 3.70. The minimum Gasteiger partial charge on any atom is -0.306 e. The summed E-state index contributed by atoms with van der Waals surface area (Å²) in [6, 6.07) is 3.46. The fourth-order valence-corrected chi connectivity index (χ4v) is 2.22. The zero-order valence-corrected chi connectivity index (χ0v) is 10.2. The van der Waals surface area contributed by atoms with Gasteiger partial charge in [-0.05, 0) is 25.1 Å². The van der Waals surface area contributed by atoms with Gasteiger partial charge in [0, 0.05) is 29.7 Å². The third-order valence-corrected chi connectivity index (χ3v) is 3.18. The topological polar surface area (TPSA) is 24.9 Å². The van der Waals surface area contributed by atoms with Gasteiger partial charge >= 0.3 is 0 Å². The molecule has 1 aromatic carbocycles. The minimum absolute atomic E-state index is 0.294. The summed E-state index contributed by atoms with van der Waals surface area (Å²) in [7, 11) is 0. The molecule has 0 spiro atoms. The van der Waals surface area contributed by atoms with Crippen molar-refractivity contribution in [2.24, 2.45) is 0 Å². The van der Waals surface area contributed by atoms with Gasteiger partial charge in [0.1, 0.15) is 16.6 Å². The van der Waals surface area contributed by atoms with Crippen LogP contribution in [0.4, 0.5) is 8.78 Å². The number of hydrogen-bond acceptors (Lipinski definition) is 3. The standard InChI is InChI=1S/C12H12F2N2S/c1-8-5-16-12(17-8)7-15-6-9-4-10(13)2-3-11(9)14/h2-5,15H,6-7H2,1H3. The molecule has 90 valence electrons. The first kappa shape index (κ1) is 12.1. The molecule has 1 heterocycles. The Labute approximate surface area is 102 Å². The Bertz CT molecular complexity index is 511. The molecule has 0 amide bonds. The van der Waals surface area contributed by atoms with Crippen LogP contribution in [0.1, 0.15) is 15.4 Å². The van der Waals surface area contributed by atoms with Crippen LogP contribution in [0.2, 0.25) is 0 Å². The summed E-state index contributed by atoms with van der Waals surface area (Å²) in [6.45, 7) is 2.84. The number of nitrogens with zero attached hydrogens (tertiary/aromatic N) is 1. The summed E-state index contributed by atoms with van der Waals surface area (Å²) in [4.78, 5) is 5.31. The molecule has 2 rings (SSSR count). The predicted molar refractivity (Wildman–Crippen MR) is 63.8 cm³/mol. The number of thiazole rings is 1. The van der Waals surface area contributed by atoms with E-state index in [4.69, 9.17) is 0 Å². The maximum Gasteiger partial charge on any atom is 0.127 e. The lowest BCUT2D eigenvalue weighted by atomic mass is 10.2. The Morgan fingerprint density at radius 2 is 2.12 bits per heavy atom. The molecule has 17 heavy (non-hydrogen) atoms. The van der Waals surface area contributed by atoms with Gasteiger partial charge in [-0.2, -0.15) is 0 Å². The highest BCUT2D eigenvalue weighted by atomic mass is 32.1. The summed E-state index contributed by atoms with van der Waals surface area (Å²) < 4.78 is 26.2. The average molecular weight is 254 g/mol. The first-order valence-corrected chi connectivity index (χ1v) is 6.03. The maximum absolute atomic E-state index is 13.3. The zero-order chi connectivity index (χ0) is 12.3. The van der Waals surface area contributed by atoms with Crippen LogP contribution in [0, 0.1) is 18.6 Å². The van der Waals surface area contributed by atoms with Crippen molar-refractivity contribution in [1.29, 1.82) is 0 Å². The summed E-state index contributed by atoms with van der Waals surface area (Å²) in [5, 5.41) is 3.98. The first-order valence-electron chi connectivity index (χ1n) is 5.21. The van der Waals surface area contributed by atoms with E-state index in [1.165, 1.54) is 6.07 Å². The van der Waals surface area contributed by atoms with Crippen molar-refractivity contribution in [3.63, 3.8) is 0 Å². The van der Waals surface area contributed by atoms with Crippen LogP contribution in [-0.2, 0) is 13.1 Å². The largest absolute Gasteiger partial charge is 0.306 e. The average Bonchev–Trinajstić information content (AvgIpc) is 2.69. The highest BCUT2D eigenvalue weighted by Gasteiger charge is 2.04. The smallest absolute Gasteiger partial charge is 0.127 e. The van der Waals surface area contributed by atoms with E-state index in [2.05, 4.69) is 10.3 Å². The van der Waals surface area contributed by atoms with Crippen molar-refractivity contribution in [2.75, 3.05) is 0 Å². The van der Waals surface area contributed by atoms with Gasteiger partial charge in [0.25, 0.3) is 0 Å².